The van der Waals surface area contributed by atoms with Crippen molar-refractivity contribution in [3.05, 3.63) is 170 Å². The van der Waals surface area contributed by atoms with Crippen LogP contribution in [0, 0.1) is 0 Å². The van der Waals surface area contributed by atoms with Crippen LogP contribution in [-0.4, -0.2) is 19.1 Å². The van der Waals surface area contributed by atoms with Crippen molar-refractivity contribution in [2.24, 2.45) is 0 Å². The Balaban J connectivity index is 1.19. The lowest BCUT2D eigenvalue weighted by atomic mass is 9.91. The van der Waals surface area contributed by atoms with E-state index in [4.69, 9.17) is 14.4 Å². The van der Waals surface area contributed by atoms with Crippen molar-refractivity contribution >= 4 is 76.5 Å². The summed E-state index contributed by atoms with van der Waals surface area (Å²) in [5, 5.41) is 7.94. The fourth-order valence-corrected chi connectivity index (χ4v) is 9.39. The third-order valence-electron chi connectivity index (χ3n) is 11.7. The maximum absolute atomic E-state index is 6.22. The number of rotatable bonds is 2. The van der Waals surface area contributed by atoms with E-state index in [0.29, 0.717) is 5.95 Å². The molecule has 5 heterocycles. The third kappa shape index (κ3) is 3.81. The van der Waals surface area contributed by atoms with Crippen molar-refractivity contribution in [2.45, 2.75) is 0 Å². The smallest absolute Gasteiger partial charge is 0.235 e. The summed E-state index contributed by atoms with van der Waals surface area (Å²) in [6.45, 7) is 0. The molecule has 0 bridgehead atoms. The lowest BCUT2D eigenvalue weighted by Crippen LogP contribution is -2.03. The van der Waals surface area contributed by atoms with E-state index in [2.05, 4.69) is 167 Å². The molecule has 0 aliphatic carbocycles. The summed E-state index contributed by atoms with van der Waals surface area (Å²) in [5.41, 5.74) is 15.2. The number of nitrogens with zero attached hydrogens (tertiary/aromatic N) is 4. The molecule has 0 amide bonds. The molecule has 13 rings (SSSR count). The Morgan fingerprint density at radius 1 is 0.418 bits per heavy atom. The molecule has 0 spiro atoms. The predicted octanol–water partition coefficient (Wildman–Crippen LogP) is 13.0. The van der Waals surface area contributed by atoms with Crippen molar-refractivity contribution < 1.29 is 4.42 Å². The number of hydrogen-bond donors (Lipinski definition) is 0. The van der Waals surface area contributed by atoms with E-state index in [0.717, 1.165) is 60.5 Å². The Kier molecular flexibility index (Phi) is 5.57. The van der Waals surface area contributed by atoms with Crippen molar-refractivity contribution in [3.8, 4) is 45.1 Å². The first-order chi connectivity index (χ1) is 27.3. The number of fused-ring (bicyclic) bond motifs is 16. The predicted molar refractivity (Wildman–Crippen MR) is 225 cm³/mol. The van der Waals surface area contributed by atoms with Crippen LogP contribution < -0.4 is 0 Å². The molecule has 254 valence electrons. The fourth-order valence-electron chi connectivity index (χ4n) is 9.39. The maximum Gasteiger partial charge on any atom is 0.235 e. The Morgan fingerprint density at radius 2 is 1.07 bits per heavy atom. The van der Waals surface area contributed by atoms with Crippen LogP contribution in [0.4, 0.5) is 0 Å². The number of para-hydroxylation sites is 5. The standard InChI is InChI=1S/C50H28N4O/c1-2-17-34-30(13-1)31-14-4-9-21-40(31)53-41-22-10-5-15-32(41)38-28-43-46(47(34)49(38)53)36-19-6-11-23-42(36)54(43)50-51-39-20-8-3-18-35(39)48(52-50)29-25-26-45-37(27-29)33-16-7-12-24-44(33)55-45/h1-28H. The molecule has 0 atom stereocenters. The van der Waals surface area contributed by atoms with Crippen molar-refractivity contribution in [3.63, 3.8) is 0 Å². The molecule has 1 aliphatic heterocycles. The number of furan rings is 1. The van der Waals surface area contributed by atoms with Crippen LogP contribution in [-0.2, 0) is 0 Å². The molecule has 5 heteroatoms. The van der Waals surface area contributed by atoms with E-state index >= 15 is 0 Å². The molecule has 4 aromatic heterocycles. The molecular formula is C50H28N4O. The van der Waals surface area contributed by atoms with Gasteiger partial charge in [-0.1, -0.05) is 115 Å². The van der Waals surface area contributed by atoms with Gasteiger partial charge in [-0.15, -0.1) is 0 Å². The molecular weight excluding hydrogens is 673 g/mol. The van der Waals surface area contributed by atoms with Crippen LogP contribution >= 0.6 is 0 Å². The quantitative estimate of drug-likeness (QED) is 0.180. The van der Waals surface area contributed by atoms with Crippen molar-refractivity contribution in [2.75, 3.05) is 0 Å². The zero-order valence-electron chi connectivity index (χ0n) is 29.4. The molecule has 5 nitrogen and oxygen atoms in total. The van der Waals surface area contributed by atoms with Crippen LogP contribution in [0.3, 0.4) is 0 Å². The van der Waals surface area contributed by atoms with Crippen molar-refractivity contribution in [1.82, 2.24) is 19.1 Å². The zero-order chi connectivity index (χ0) is 35.8. The molecule has 0 radical (unpaired) electrons. The summed E-state index contributed by atoms with van der Waals surface area (Å²) >= 11 is 0. The Hall–Kier alpha value is -7.50. The second kappa shape index (κ2) is 10.6. The Bertz CT molecular complexity index is 3620. The highest BCUT2D eigenvalue weighted by molar-refractivity contribution is 6.28. The van der Waals surface area contributed by atoms with E-state index in [1.807, 2.05) is 12.1 Å². The number of benzene rings is 8. The number of hydrogen-bond acceptors (Lipinski definition) is 3. The molecule has 0 unspecified atom stereocenters. The fraction of sp³-hybridized carbons (Fsp3) is 0. The minimum absolute atomic E-state index is 0.637. The van der Waals surface area contributed by atoms with Crippen LogP contribution in [0.1, 0.15) is 0 Å². The van der Waals surface area contributed by atoms with Gasteiger partial charge < -0.3 is 8.98 Å². The zero-order valence-corrected chi connectivity index (χ0v) is 29.4. The van der Waals surface area contributed by atoms with Crippen LogP contribution in [0.5, 0.6) is 0 Å². The van der Waals surface area contributed by atoms with Gasteiger partial charge in [0.25, 0.3) is 0 Å². The summed E-state index contributed by atoms with van der Waals surface area (Å²) < 4.78 is 11.0. The Labute approximate surface area is 313 Å². The van der Waals surface area contributed by atoms with E-state index in [1.165, 1.54) is 55.1 Å². The lowest BCUT2D eigenvalue weighted by Gasteiger charge is -2.13. The van der Waals surface area contributed by atoms with Gasteiger partial charge >= 0.3 is 0 Å². The Morgan fingerprint density at radius 3 is 1.95 bits per heavy atom. The van der Waals surface area contributed by atoms with Gasteiger partial charge in [-0.3, -0.25) is 4.57 Å². The molecule has 8 aromatic carbocycles. The number of aromatic nitrogens is 4. The first kappa shape index (κ1) is 29.0. The molecule has 55 heavy (non-hydrogen) atoms. The maximum atomic E-state index is 6.22. The van der Waals surface area contributed by atoms with Crippen LogP contribution in [0.2, 0.25) is 0 Å². The second-order valence-electron chi connectivity index (χ2n) is 14.5. The lowest BCUT2D eigenvalue weighted by molar-refractivity contribution is 0.669. The highest BCUT2D eigenvalue weighted by atomic mass is 16.3. The normalized spacial score (nSPS) is 12.4. The average molecular weight is 701 g/mol. The highest BCUT2D eigenvalue weighted by Gasteiger charge is 2.29. The molecule has 0 fully saturated rings. The first-order valence-electron chi connectivity index (χ1n) is 18.7. The third-order valence-corrected chi connectivity index (χ3v) is 11.7. The van der Waals surface area contributed by atoms with Gasteiger partial charge in [0.05, 0.1) is 39.0 Å². The summed E-state index contributed by atoms with van der Waals surface area (Å²) in [4.78, 5) is 10.9. The molecule has 1 aliphatic rings. The summed E-state index contributed by atoms with van der Waals surface area (Å²) in [6, 6.07) is 60.6. The first-order valence-corrected chi connectivity index (χ1v) is 18.7. The van der Waals surface area contributed by atoms with Gasteiger partial charge in [0.15, 0.2) is 0 Å². The van der Waals surface area contributed by atoms with Crippen LogP contribution in [0.25, 0.3) is 122 Å². The van der Waals surface area contributed by atoms with E-state index in [-0.39, 0.29) is 0 Å². The summed E-state index contributed by atoms with van der Waals surface area (Å²) in [7, 11) is 0. The van der Waals surface area contributed by atoms with Gasteiger partial charge in [-0.05, 0) is 65.7 Å². The van der Waals surface area contributed by atoms with E-state index < -0.39 is 0 Å². The molecule has 0 saturated heterocycles. The molecule has 0 N–H and O–H groups in total. The van der Waals surface area contributed by atoms with Gasteiger partial charge in [-0.2, -0.15) is 0 Å². The monoisotopic (exact) mass is 700 g/mol. The molecule has 0 saturated carbocycles. The SMILES string of the molecule is c1ccc2c(c1)-c1ccccc1-n1c3ccccc3c3cc4c(c-2c31)c1ccccc1n4-c1nc(-c2ccc3oc4ccccc4c3c2)c2ccccc2n1. The minimum Gasteiger partial charge on any atom is -0.456 e. The van der Waals surface area contributed by atoms with Gasteiger partial charge in [0.2, 0.25) is 5.95 Å². The highest BCUT2D eigenvalue weighted by Crippen LogP contribution is 2.51. The van der Waals surface area contributed by atoms with E-state index in [9.17, 15) is 0 Å². The summed E-state index contributed by atoms with van der Waals surface area (Å²) in [6.07, 6.45) is 0. The topological polar surface area (TPSA) is 48.8 Å². The second-order valence-corrected chi connectivity index (χ2v) is 14.5. The van der Waals surface area contributed by atoms with Crippen molar-refractivity contribution in [1.29, 1.82) is 0 Å². The van der Waals surface area contributed by atoms with Gasteiger partial charge in [-0.25, -0.2) is 9.97 Å². The van der Waals surface area contributed by atoms with Gasteiger partial charge in [0, 0.05) is 54.4 Å². The summed E-state index contributed by atoms with van der Waals surface area (Å²) in [5.74, 6) is 0.637. The largest absolute Gasteiger partial charge is 0.456 e. The van der Waals surface area contributed by atoms with Gasteiger partial charge in [0.1, 0.15) is 11.2 Å². The van der Waals surface area contributed by atoms with Crippen LogP contribution in [0.15, 0.2) is 174 Å². The average Bonchev–Trinajstić information content (AvgIpc) is 3.87. The van der Waals surface area contributed by atoms with E-state index in [1.54, 1.807) is 0 Å². The molecule has 12 aromatic rings. The minimum atomic E-state index is 0.637.